The largest absolute Gasteiger partial charge is 0.356 e. The molecule has 4 rings (SSSR count). The summed E-state index contributed by atoms with van der Waals surface area (Å²) in [7, 11) is 0. The fourth-order valence-corrected chi connectivity index (χ4v) is 5.80. The van der Waals surface area contributed by atoms with Gasteiger partial charge in [0.1, 0.15) is 0 Å². The number of hydrogen-bond donors (Lipinski definition) is 2. The molecule has 2 saturated heterocycles. The average Bonchev–Trinajstić information content (AvgIpc) is 3.15. The average molecular weight is 290 g/mol. The molecular weight excluding hydrogens is 260 g/mol. The van der Waals surface area contributed by atoms with Crippen molar-refractivity contribution >= 4 is 5.91 Å². The second kappa shape index (κ2) is 5.91. The van der Waals surface area contributed by atoms with Gasteiger partial charge in [-0.15, -0.1) is 0 Å². The number of fused-ring (bicyclic) bond motifs is 4. The van der Waals surface area contributed by atoms with Gasteiger partial charge in [0, 0.05) is 25.0 Å². The third kappa shape index (κ3) is 3.13. The second-order valence-electron chi connectivity index (χ2n) is 8.25. The molecule has 2 N–H and O–H groups in total. The summed E-state index contributed by atoms with van der Waals surface area (Å²) in [5.41, 5.74) is 0. The molecule has 2 aliphatic carbocycles. The Morgan fingerprint density at radius 1 is 1.00 bits per heavy atom. The minimum Gasteiger partial charge on any atom is -0.356 e. The van der Waals surface area contributed by atoms with Crippen LogP contribution in [-0.4, -0.2) is 24.5 Å². The molecule has 5 atom stereocenters. The van der Waals surface area contributed by atoms with Crippen LogP contribution in [0.2, 0.25) is 0 Å². The Morgan fingerprint density at radius 2 is 1.81 bits per heavy atom. The lowest BCUT2D eigenvalue weighted by atomic mass is 9.86. The molecule has 1 amide bonds. The summed E-state index contributed by atoms with van der Waals surface area (Å²) in [4.78, 5) is 12.1. The van der Waals surface area contributed by atoms with Crippen molar-refractivity contribution in [1.29, 1.82) is 0 Å². The fourth-order valence-electron chi connectivity index (χ4n) is 5.80. The predicted octanol–water partition coefficient (Wildman–Crippen LogP) is 2.85. The van der Waals surface area contributed by atoms with Gasteiger partial charge in [-0.25, -0.2) is 0 Å². The van der Waals surface area contributed by atoms with Crippen LogP contribution in [0.25, 0.3) is 0 Å². The van der Waals surface area contributed by atoms with Crippen LogP contribution in [0, 0.1) is 23.7 Å². The number of amides is 1. The van der Waals surface area contributed by atoms with E-state index in [-0.39, 0.29) is 0 Å². The van der Waals surface area contributed by atoms with E-state index in [9.17, 15) is 4.79 Å². The first-order chi connectivity index (χ1) is 10.3. The van der Waals surface area contributed by atoms with Gasteiger partial charge in [0.15, 0.2) is 0 Å². The summed E-state index contributed by atoms with van der Waals surface area (Å²) < 4.78 is 0. The van der Waals surface area contributed by atoms with Gasteiger partial charge >= 0.3 is 0 Å². The van der Waals surface area contributed by atoms with Crippen molar-refractivity contribution in [3.05, 3.63) is 0 Å². The monoisotopic (exact) mass is 290 g/mol. The highest BCUT2D eigenvalue weighted by atomic mass is 16.1. The lowest BCUT2D eigenvalue weighted by Crippen LogP contribution is -2.39. The minimum absolute atomic E-state index is 0.310. The number of hydrogen-bond acceptors (Lipinski definition) is 2. The van der Waals surface area contributed by atoms with Gasteiger partial charge in [0.05, 0.1) is 0 Å². The van der Waals surface area contributed by atoms with Gasteiger partial charge in [-0.2, -0.15) is 0 Å². The molecule has 0 radical (unpaired) electrons. The van der Waals surface area contributed by atoms with Gasteiger partial charge in [-0.05, 0) is 75.0 Å². The summed E-state index contributed by atoms with van der Waals surface area (Å²) in [5, 5.41) is 6.86. The maximum Gasteiger partial charge on any atom is 0.220 e. The molecule has 2 aliphatic heterocycles. The Kier molecular flexibility index (Phi) is 3.95. The topological polar surface area (TPSA) is 41.1 Å². The van der Waals surface area contributed by atoms with Crippen molar-refractivity contribution in [2.45, 2.75) is 76.3 Å². The number of carbonyl (C=O) groups excluding carboxylic acids is 1. The van der Waals surface area contributed by atoms with Crippen LogP contribution in [-0.2, 0) is 4.79 Å². The lowest BCUT2D eigenvalue weighted by Gasteiger charge is -2.28. The highest BCUT2D eigenvalue weighted by Crippen LogP contribution is 2.49. The van der Waals surface area contributed by atoms with Crippen molar-refractivity contribution in [3.63, 3.8) is 0 Å². The molecule has 2 heterocycles. The molecule has 0 aromatic rings. The Labute approximate surface area is 128 Å². The summed E-state index contributed by atoms with van der Waals surface area (Å²) >= 11 is 0. The van der Waals surface area contributed by atoms with Crippen LogP contribution in [0.15, 0.2) is 0 Å². The molecule has 0 aromatic heterocycles. The van der Waals surface area contributed by atoms with E-state index in [1.54, 1.807) is 0 Å². The standard InChI is InChI=1S/C18H30N2O/c21-18(11-13-9-16-3-4-17(10-13)20-16)19-6-5-15-8-12-1-2-14(15)7-12/h12-17,20H,1-11H2,(H,19,21). The van der Waals surface area contributed by atoms with Gasteiger partial charge in [-0.3, -0.25) is 4.79 Å². The zero-order chi connectivity index (χ0) is 14.2. The highest BCUT2D eigenvalue weighted by Gasteiger charge is 2.39. The maximum absolute atomic E-state index is 12.1. The van der Waals surface area contributed by atoms with Crippen molar-refractivity contribution in [2.24, 2.45) is 23.7 Å². The molecule has 0 aromatic carbocycles. The van der Waals surface area contributed by atoms with E-state index in [1.807, 2.05) is 0 Å². The molecule has 21 heavy (non-hydrogen) atoms. The fraction of sp³-hybridized carbons (Fsp3) is 0.944. The molecule has 2 saturated carbocycles. The molecule has 3 nitrogen and oxygen atoms in total. The molecule has 0 spiro atoms. The first-order valence-corrected chi connectivity index (χ1v) is 9.29. The molecule has 4 aliphatic rings. The van der Waals surface area contributed by atoms with Crippen LogP contribution in [0.3, 0.4) is 0 Å². The highest BCUT2D eigenvalue weighted by molar-refractivity contribution is 5.76. The second-order valence-corrected chi connectivity index (χ2v) is 8.25. The van der Waals surface area contributed by atoms with E-state index in [2.05, 4.69) is 10.6 Å². The Bertz CT molecular complexity index is 385. The summed E-state index contributed by atoms with van der Waals surface area (Å²) in [6.07, 6.45) is 12.9. The Balaban J connectivity index is 1.15. The summed E-state index contributed by atoms with van der Waals surface area (Å²) in [5.74, 6) is 3.88. The number of nitrogens with one attached hydrogen (secondary N) is 2. The van der Waals surface area contributed by atoms with Crippen molar-refractivity contribution in [1.82, 2.24) is 10.6 Å². The summed E-state index contributed by atoms with van der Waals surface area (Å²) in [6.45, 7) is 0.921. The molecule has 4 fully saturated rings. The summed E-state index contributed by atoms with van der Waals surface area (Å²) in [6, 6.07) is 1.41. The van der Waals surface area contributed by atoms with Crippen molar-refractivity contribution in [3.8, 4) is 0 Å². The van der Waals surface area contributed by atoms with Crippen LogP contribution in [0.5, 0.6) is 0 Å². The Hall–Kier alpha value is -0.570. The molecule has 3 heteroatoms. The van der Waals surface area contributed by atoms with E-state index in [4.69, 9.17) is 0 Å². The SMILES string of the molecule is O=C(CC1CC2CCC(C1)N2)NCCC1CC2CCC1C2. The van der Waals surface area contributed by atoms with Crippen LogP contribution in [0.1, 0.15) is 64.2 Å². The molecular formula is C18H30N2O. The zero-order valence-corrected chi connectivity index (χ0v) is 13.2. The van der Waals surface area contributed by atoms with Crippen LogP contribution < -0.4 is 10.6 Å². The first-order valence-electron chi connectivity index (χ1n) is 9.29. The quantitative estimate of drug-likeness (QED) is 0.817. The lowest BCUT2D eigenvalue weighted by molar-refractivity contribution is -0.122. The van der Waals surface area contributed by atoms with E-state index < -0.39 is 0 Å². The smallest absolute Gasteiger partial charge is 0.220 e. The van der Waals surface area contributed by atoms with E-state index in [1.165, 1.54) is 57.8 Å². The minimum atomic E-state index is 0.310. The third-order valence-corrected chi connectivity index (χ3v) is 6.77. The Morgan fingerprint density at radius 3 is 2.48 bits per heavy atom. The van der Waals surface area contributed by atoms with Crippen molar-refractivity contribution in [2.75, 3.05) is 6.54 Å². The number of piperidine rings is 1. The van der Waals surface area contributed by atoms with Gasteiger partial charge in [0.2, 0.25) is 5.91 Å². The number of carbonyl (C=O) groups is 1. The predicted molar refractivity (Wildman–Crippen MR) is 83.9 cm³/mol. The number of rotatable bonds is 5. The van der Waals surface area contributed by atoms with Crippen molar-refractivity contribution < 1.29 is 4.79 Å². The maximum atomic E-state index is 12.1. The first kappa shape index (κ1) is 14.0. The van der Waals surface area contributed by atoms with Crippen LogP contribution >= 0.6 is 0 Å². The normalized spacial score (nSPS) is 44.2. The molecule has 118 valence electrons. The van der Waals surface area contributed by atoms with E-state index in [0.717, 1.165) is 30.7 Å². The zero-order valence-electron chi connectivity index (χ0n) is 13.2. The molecule has 4 bridgehead atoms. The molecule has 5 unspecified atom stereocenters. The van der Waals surface area contributed by atoms with Gasteiger partial charge in [0.25, 0.3) is 0 Å². The third-order valence-electron chi connectivity index (χ3n) is 6.77. The van der Waals surface area contributed by atoms with Gasteiger partial charge < -0.3 is 10.6 Å². The van der Waals surface area contributed by atoms with E-state index >= 15 is 0 Å². The van der Waals surface area contributed by atoms with Gasteiger partial charge in [-0.1, -0.05) is 6.42 Å². The van der Waals surface area contributed by atoms with Crippen LogP contribution in [0.4, 0.5) is 0 Å². The van der Waals surface area contributed by atoms with E-state index in [0.29, 0.717) is 23.9 Å².